The summed E-state index contributed by atoms with van der Waals surface area (Å²) >= 11 is 0. The maximum Gasteiger partial charge on any atom is 0.144 e. The summed E-state index contributed by atoms with van der Waals surface area (Å²) in [6.45, 7) is 10.8. The molecule has 0 radical (unpaired) electrons. The van der Waals surface area contributed by atoms with Gasteiger partial charge < -0.3 is 4.74 Å². The maximum atomic E-state index is 11.3. The van der Waals surface area contributed by atoms with E-state index in [2.05, 4.69) is 4.40 Å². The van der Waals surface area contributed by atoms with Crippen LogP contribution in [0.4, 0.5) is 0 Å². The van der Waals surface area contributed by atoms with E-state index in [-0.39, 0.29) is 4.75 Å². The number of hydrogen-bond acceptors (Lipinski definition) is 2. The second-order valence-corrected chi connectivity index (χ2v) is 5.42. The zero-order valence-electron chi connectivity index (χ0n) is 9.09. The summed E-state index contributed by atoms with van der Waals surface area (Å²) in [7, 11) is -1.11. The van der Waals surface area contributed by atoms with E-state index in [1.54, 1.807) is 0 Å². The molecule has 1 fully saturated rings. The average molecular weight is 205 g/mol. The van der Waals surface area contributed by atoms with Crippen LogP contribution in [0.15, 0.2) is 4.40 Å². The summed E-state index contributed by atoms with van der Waals surface area (Å²) in [5.41, 5.74) is 0.915. The quantitative estimate of drug-likeness (QED) is 0.656. The smallest absolute Gasteiger partial charge is 0.144 e. The Morgan fingerprint density at radius 3 is 2.00 bits per heavy atom. The lowest BCUT2D eigenvalue weighted by atomic mass is 10.3. The highest BCUT2D eigenvalue weighted by molar-refractivity contribution is 7.85. The monoisotopic (exact) mass is 205 g/mol. The topological polar surface area (TPSA) is 38.7 Å². The van der Waals surface area contributed by atoms with Crippen LogP contribution >= 0.6 is 0 Å². The SMILES string of the molecule is CC.CC(C)(C)S(=O)N=C1COC1. The summed E-state index contributed by atoms with van der Waals surface area (Å²) < 4.78 is 20.0. The predicted molar refractivity (Wildman–Crippen MR) is 57.5 cm³/mol. The van der Waals surface area contributed by atoms with Gasteiger partial charge in [0.2, 0.25) is 0 Å². The summed E-state index contributed by atoms with van der Waals surface area (Å²) in [6.07, 6.45) is 0. The third kappa shape index (κ3) is 4.52. The van der Waals surface area contributed by atoms with Gasteiger partial charge in [-0.1, -0.05) is 13.8 Å². The molecule has 13 heavy (non-hydrogen) atoms. The van der Waals surface area contributed by atoms with Gasteiger partial charge in [0.1, 0.15) is 11.0 Å². The summed E-state index contributed by atoms with van der Waals surface area (Å²) in [6, 6.07) is 0. The van der Waals surface area contributed by atoms with E-state index in [0.29, 0.717) is 13.2 Å². The Balaban J connectivity index is 0.000000671. The standard InChI is InChI=1S/C7H13NO2S.C2H6/c1-7(2,3)11(9)8-6-4-10-5-6;1-2/h4-5H2,1-3H3;1-2H3. The normalized spacial score (nSPS) is 18.1. The second-order valence-electron chi connectivity index (χ2n) is 3.51. The molecule has 0 spiro atoms. The lowest BCUT2D eigenvalue weighted by Crippen LogP contribution is -2.30. The molecule has 0 saturated carbocycles. The van der Waals surface area contributed by atoms with Crippen LogP contribution in [0.25, 0.3) is 0 Å². The van der Waals surface area contributed by atoms with E-state index in [4.69, 9.17) is 4.74 Å². The van der Waals surface area contributed by atoms with Crippen LogP contribution in [0.3, 0.4) is 0 Å². The van der Waals surface area contributed by atoms with Crippen molar-refractivity contribution < 1.29 is 8.95 Å². The molecule has 0 aliphatic carbocycles. The van der Waals surface area contributed by atoms with Crippen molar-refractivity contribution in [3.63, 3.8) is 0 Å². The Kier molecular flexibility index (Phi) is 5.40. The first-order chi connectivity index (χ1) is 6.00. The number of hydrogen-bond donors (Lipinski definition) is 0. The van der Waals surface area contributed by atoms with Gasteiger partial charge >= 0.3 is 0 Å². The lowest BCUT2D eigenvalue weighted by molar-refractivity contribution is 0.160. The molecule has 0 aromatic heterocycles. The molecule has 0 aromatic carbocycles. The number of nitrogens with zero attached hydrogens (tertiary/aromatic N) is 1. The van der Waals surface area contributed by atoms with E-state index in [0.717, 1.165) is 5.71 Å². The minimum atomic E-state index is -1.11. The van der Waals surface area contributed by atoms with Crippen LogP contribution in [-0.2, 0) is 15.7 Å². The highest BCUT2D eigenvalue weighted by Gasteiger charge is 2.21. The van der Waals surface area contributed by atoms with Gasteiger partial charge in [-0.15, -0.1) is 0 Å². The van der Waals surface area contributed by atoms with Crippen LogP contribution in [0.5, 0.6) is 0 Å². The second kappa shape index (κ2) is 5.50. The Morgan fingerprint density at radius 2 is 1.77 bits per heavy atom. The molecule has 0 bridgehead atoms. The Morgan fingerprint density at radius 1 is 1.31 bits per heavy atom. The van der Waals surface area contributed by atoms with Gasteiger partial charge in [0.15, 0.2) is 0 Å². The molecular weight excluding hydrogens is 186 g/mol. The predicted octanol–water partition coefficient (Wildman–Crippen LogP) is 1.95. The minimum Gasteiger partial charge on any atom is -0.369 e. The first-order valence-electron chi connectivity index (χ1n) is 4.56. The van der Waals surface area contributed by atoms with Crippen molar-refractivity contribution in [2.24, 2.45) is 4.40 Å². The fraction of sp³-hybridized carbons (Fsp3) is 0.889. The van der Waals surface area contributed by atoms with Gasteiger partial charge in [0, 0.05) is 0 Å². The van der Waals surface area contributed by atoms with Gasteiger partial charge in [-0.3, -0.25) is 0 Å². The summed E-state index contributed by atoms with van der Waals surface area (Å²) in [5, 5.41) is 0. The highest BCUT2D eigenvalue weighted by atomic mass is 32.2. The molecule has 1 rings (SSSR count). The Bertz CT molecular complexity index is 200. The third-order valence-corrected chi connectivity index (χ3v) is 2.74. The summed E-state index contributed by atoms with van der Waals surface area (Å²) in [5.74, 6) is 0. The molecule has 4 heteroatoms. The van der Waals surface area contributed by atoms with Gasteiger partial charge in [-0.25, -0.2) is 4.21 Å². The first-order valence-corrected chi connectivity index (χ1v) is 5.67. The molecule has 1 saturated heterocycles. The van der Waals surface area contributed by atoms with Crippen LogP contribution < -0.4 is 0 Å². The molecular formula is C9H19NO2S. The lowest BCUT2D eigenvalue weighted by Gasteiger charge is -2.19. The highest BCUT2D eigenvalue weighted by Crippen LogP contribution is 2.13. The molecule has 0 amide bonds. The van der Waals surface area contributed by atoms with Gasteiger partial charge in [0.05, 0.1) is 23.7 Å². The fourth-order valence-corrected chi connectivity index (χ4v) is 1.11. The van der Waals surface area contributed by atoms with Crippen molar-refractivity contribution in [2.45, 2.75) is 39.4 Å². The third-order valence-electron chi connectivity index (χ3n) is 1.27. The molecule has 1 aliphatic heterocycles. The molecule has 1 heterocycles. The number of rotatable bonds is 1. The van der Waals surface area contributed by atoms with Crippen LogP contribution in [0.2, 0.25) is 0 Å². The Hall–Kier alpha value is -0.220. The van der Waals surface area contributed by atoms with E-state index < -0.39 is 11.0 Å². The zero-order chi connectivity index (χ0) is 10.5. The largest absolute Gasteiger partial charge is 0.369 e. The van der Waals surface area contributed by atoms with Crippen molar-refractivity contribution in [1.82, 2.24) is 0 Å². The molecule has 1 unspecified atom stereocenters. The van der Waals surface area contributed by atoms with E-state index >= 15 is 0 Å². The van der Waals surface area contributed by atoms with Gasteiger partial charge in [-0.2, -0.15) is 4.40 Å². The minimum absolute atomic E-state index is 0.247. The van der Waals surface area contributed by atoms with Crippen molar-refractivity contribution in [3.8, 4) is 0 Å². The van der Waals surface area contributed by atoms with Crippen LogP contribution in [0, 0.1) is 0 Å². The van der Waals surface area contributed by atoms with Crippen molar-refractivity contribution >= 4 is 16.7 Å². The average Bonchev–Trinajstić information content (AvgIpc) is 1.98. The van der Waals surface area contributed by atoms with Crippen molar-refractivity contribution in [2.75, 3.05) is 13.2 Å². The number of ether oxygens (including phenoxy) is 1. The van der Waals surface area contributed by atoms with Gasteiger partial charge in [-0.05, 0) is 20.8 Å². The first kappa shape index (κ1) is 12.8. The van der Waals surface area contributed by atoms with Crippen LogP contribution in [0.1, 0.15) is 34.6 Å². The van der Waals surface area contributed by atoms with Gasteiger partial charge in [0.25, 0.3) is 0 Å². The van der Waals surface area contributed by atoms with Crippen molar-refractivity contribution in [1.29, 1.82) is 0 Å². The molecule has 1 aliphatic rings. The van der Waals surface area contributed by atoms with Crippen LogP contribution in [-0.4, -0.2) is 27.9 Å². The van der Waals surface area contributed by atoms with E-state index in [1.165, 1.54) is 0 Å². The molecule has 3 nitrogen and oxygen atoms in total. The molecule has 78 valence electrons. The molecule has 0 N–H and O–H groups in total. The molecule has 1 atom stereocenters. The van der Waals surface area contributed by atoms with E-state index in [9.17, 15) is 4.21 Å². The Labute approximate surface area is 83.2 Å². The zero-order valence-corrected chi connectivity index (χ0v) is 9.90. The summed E-state index contributed by atoms with van der Waals surface area (Å²) in [4.78, 5) is 0. The molecule has 0 aromatic rings. The fourth-order valence-electron chi connectivity index (χ4n) is 0.500. The van der Waals surface area contributed by atoms with Crippen molar-refractivity contribution in [3.05, 3.63) is 0 Å². The van der Waals surface area contributed by atoms with E-state index in [1.807, 2.05) is 34.6 Å². The maximum absolute atomic E-state index is 11.3.